The Bertz CT molecular complexity index is 1230. The quantitative estimate of drug-likeness (QED) is 0.632. The van der Waals surface area contributed by atoms with E-state index in [4.69, 9.17) is 9.72 Å². The van der Waals surface area contributed by atoms with Crippen molar-refractivity contribution in [3.05, 3.63) is 64.8 Å². The lowest BCUT2D eigenvalue weighted by Gasteiger charge is -2.22. The maximum atomic E-state index is 15.0. The van der Waals surface area contributed by atoms with Crippen molar-refractivity contribution in [1.29, 1.82) is 0 Å². The average Bonchev–Trinajstić information content (AvgIpc) is 3.42. The molecule has 3 aliphatic rings. The number of alkyl halides is 1. The van der Waals surface area contributed by atoms with Crippen molar-refractivity contribution < 1.29 is 13.5 Å². The summed E-state index contributed by atoms with van der Waals surface area (Å²) in [6.45, 7) is 6.68. The third-order valence-corrected chi connectivity index (χ3v) is 6.24. The van der Waals surface area contributed by atoms with Gasteiger partial charge in [-0.2, -0.15) is 10.1 Å². The topological polar surface area (TPSA) is 89.8 Å². The third-order valence-electron chi connectivity index (χ3n) is 6.24. The summed E-state index contributed by atoms with van der Waals surface area (Å²) in [5, 5.41) is 10.6. The van der Waals surface area contributed by atoms with Gasteiger partial charge in [0.25, 0.3) is 0 Å². The summed E-state index contributed by atoms with van der Waals surface area (Å²) in [7, 11) is 0. The average molecular weight is 468 g/mol. The first-order valence-electron chi connectivity index (χ1n) is 11.5. The van der Waals surface area contributed by atoms with Crippen LogP contribution in [0.1, 0.15) is 49.9 Å². The van der Waals surface area contributed by atoms with E-state index in [1.807, 2.05) is 19.9 Å². The van der Waals surface area contributed by atoms with E-state index in [0.717, 1.165) is 16.8 Å². The van der Waals surface area contributed by atoms with Gasteiger partial charge < -0.3 is 15.4 Å². The SMILES string of the molecule is CCNc1nc(NC2=CC=C(n3ncnc3C)C(F)C2)nc2c1COC2C1=CC=C(F)C(C)C1. The van der Waals surface area contributed by atoms with Crippen molar-refractivity contribution in [3.8, 4) is 0 Å². The number of hydrogen-bond acceptors (Lipinski definition) is 7. The molecule has 0 fully saturated rings. The van der Waals surface area contributed by atoms with Crippen LogP contribution in [0.5, 0.6) is 0 Å². The first kappa shape index (κ1) is 22.4. The normalized spacial score (nSPS) is 24.1. The largest absolute Gasteiger partial charge is 0.370 e. The highest BCUT2D eigenvalue weighted by Crippen LogP contribution is 2.42. The molecule has 0 bridgehead atoms. The van der Waals surface area contributed by atoms with Gasteiger partial charge in [-0.3, -0.25) is 0 Å². The minimum atomic E-state index is -1.25. The number of aryl methyl sites for hydroxylation is 1. The lowest BCUT2D eigenvalue weighted by molar-refractivity contribution is 0.0856. The smallest absolute Gasteiger partial charge is 0.229 e. The first-order chi connectivity index (χ1) is 16.4. The monoisotopic (exact) mass is 467 g/mol. The maximum absolute atomic E-state index is 15.0. The van der Waals surface area contributed by atoms with Gasteiger partial charge in [0.15, 0.2) is 0 Å². The van der Waals surface area contributed by atoms with Crippen molar-refractivity contribution in [2.24, 2.45) is 5.92 Å². The van der Waals surface area contributed by atoms with E-state index in [-0.39, 0.29) is 24.3 Å². The van der Waals surface area contributed by atoms with Gasteiger partial charge in [-0.25, -0.2) is 23.4 Å². The molecule has 0 saturated heterocycles. The fourth-order valence-electron chi connectivity index (χ4n) is 4.47. The van der Waals surface area contributed by atoms with Crippen molar-refractivity contribution in [2.75, 3.05) is 17.2 Å². The van der Waals surface area contributed by atoms with Crippen LogP contribution in [-0.4, -0.2) is 37.4 Å². The highest BCUT2D eigenvalue weighted by molar-refractivity contribution is 5.59. The van der Waals surface area contributed by atoms with Crippen LogP contribution in [-0.2, 0) is 11.3 Å². The van der Waals surface area contributed by atoms with E-state index in [0.29, 0.717) is 48.6 Å². The number of anilines is 2. The molecule has 2 aromatic rings. The minimum absolute atomic E-state index is 0.126. The molecule has 0 amide bonds. The zero-order chi connectivity index (χ0) is 23.8. The van der Waals surface area contributed by atoms with Crippen LogP contribution >= 0.6 is 0 Å². The third kappa shape index (κ3) is 4.13. The van der Waals surface area contributed by atoms with Crippen molar-refractivity contribution in [1.82, 2.24) is 24.7 Å². The zero-order valence-corrected chi connectivity index (χ0v) is 19.3. The standard InChI is InChI=1S/C24H27F2N7O/c1-4-27-23-17-11-34-22(15-5-7-18(25)13(2)9-15)21(17)31-24(32-23)30-16-6-8-20(19(26)10-16)33-14(3)28-12-29-33/h5-8,12-13,19,22H,4,9-11H2,1-3H3,(H2,27,30,31,32). The Morgan fingerprint density at radius 2 is 2.03 bits per heavy atom. The summed E-state index contributed by atoms with van der Waals surface area (Å²) in [6.07, 6.45) is 7.29. The van der Waals surface area contributed by atoms with Crippen molar-refractivity contribution in [3.63, 3.8) is 0 Å². The van der Waals surface area contributed by atoms with E-state index in [9.17, 15) is 8.78 Å². The number of rotatable bonds is 6. The fourth-order valence-corrected chi connectivity index (χ4v) is 4.47. The molecule has 2 N–H and O–H groups in total. The first-order valence-corrected chi connectivity index (χ1v) is 11.5. The fraction of sp³-hybridized carbons (Fsp3) is 0.417. The van der Waals surface area contributed by atoms with Gasteiger partial charge in [0, 0.05) is 30.1 Å². The Balaban J connectivity index is 1.44. The molecule has 0 saturated carbocycles. The molecule has 3 heterocycles. The molecule has 3 atom stereocenters. The van der Waals surface area contributed by atoms with Crippen LogP contribution in [0.4, 0.5) is 20.5 Å². The second-order valence-corrected chi connectivity index (χ2v) is 8.68. The Morgan fingerprint density at radius 3 is 2.74 bits per heavy atom. The number of ether oxygens (including phenoxy) is 1. The summed E-state index contributed by atoms with van der Waals surface area (Å²) in [4.78, 5) is 13.4. The van der Waals surface area contributed by atoms with Crippen LogP contribution in [0.25, 0.3) is 5.70 Å². The summed E-state index contributed by atoms with van der Waals surface area (Å²) in [5.74, 6) is 1.36. The maximum Gasteiger partial charge on any atom is 0.229 e. The summed E-state index contributed by atoms with van der Waals surface area (Å²) < 4.78 is 36.4. The van der Waals surface area contributed by atoms with E-state index < -0.39 is 6.17 Å². The Morgan fingerprint density at radius 1 is 1.18 bits per heavy atom. The van der Waals surface area contributed by atoms with Crippen LogP contribution in [0.15, 0.2) is 47.7 Å². The molecule has 0 aromatic carbocycles. The highest BCUT2D eigenvalue weighted by Gasteiger charge is 2.34. The van der Waals surface area contributed by atoms with E-state index in [1.165, 1.54) is 17.1 Å². The highest BCUT2D eigenvalue weighted by atomic mass is 19.1. The Hall–Kier alpha value is -3.40. The summed E-state index contributed by atoms with van der Waals surface area (Å²) in [6, 6.07) is 0. The molecule has 2 aromatic heterocycles. The lowest BCUT2D eigenvalue weighted by atomic mass is 9.90. The Kier molecular flexibility index (Phi) is 5.99. The van der Waals surface area contributed by atoms with Gasteiger partial charge in [0.1, 0.15) is 36.1 Å². The molecular weight excluding hydrogens is 440 g/mol. The van der Waals surface area contributed by atoms with E-state index >= 15 is 0 Å². The summed E-state index contributed by atoms with van der Waals surface area (Å²) >= 11 is 0. The van der Waals surface area contributed by atoms with E-state index in [2.05, 4.69) is 25.7 Å². The predicted octanol–water partition coefficient (Wildman–Crippen LogP) is 4.78. The molecule has 34 heavy (non-hydrogen) atoms. The van der Waals surface area contributed by atoms with Crippen LogP contribution in [0.3, 0.4) is 0 Å². The number of fused-ring (bicyclic) bond motifs is 1. The molecule has 0 radical (unpaired) electrons. The molecule has 10 heteroatoms. The minimum Gasteiger partial charge on any atom is -0.370 e. The molecule has 8 nitrogen and oxygen atoms in total. The number of aromatic nitrogens is 5. The van der Waals surface area contributed by atoms with Gasteiger partial charge in [0.05, 0.1) is 18.0 Å². The lowest BCUT2D eigenvalue weighted by Crippen LogP contribution is -2.20. The van der Waals surface area contributed by atoms with Gasteiger partial charge in [-0.1, -0.05) is 13.0 Å². The molecule has 3 unspecified atom stereocenters. The molecule has 1 aliphatic heterocycles. The van der Waals surface area contributed by atoms with Crippen LogP contribution in [0, 0.1) is 12.8 Å². The zero-order valence-electron chi connectivity index (χ0n) is 19.3. The predicted molar refractivity (Wildman–Crippen MR) is 125 cm³/mol. The molecule has 178 valence electrons. The van der Waals surface area contributed by atoms with E-state index in [1.54, 1.807) is 19.1 Å². The number of hydrogen-bond donors (Lipinski definition) is 2. The number of nitrogens with zero attached hydrogens (tertiary/aromatic N) is 5. The molecule has 5 rings (SSSR count). The van der Waals surface area contributed by atoms with Crippen molar-refractivity contribution in [2.45, 2.75) is 52.5 Å². The Labute approximate surface area is 196 Å². The number of halogens is 2. The van der Waals surface area contributed by atoms with Gasteiger partial charge in [-0.05, 0) is 44.1 Å². The molecule has 2 aliphatic carbocycles. The van der Waals surface area contributed by atoms with Crippen molar-refractivity contribution >= 4 is 17.5 Å². The number of nitrogens with one attached hydrogen (secondary N) is 2. The number of allylic oxidation sites excluding steroid dienone is 7. The van der Waals surface area contributed by atoms with Crippen LogP contribution in [0.2, 0.25) is 0 Å². The van der Waals surface area contributed by atoms with Gasteiger partial charge in [0.2, 0.25) is 5.95 Å². The van der Waals surface area contributed by atoms with Gasteiger partial charge >= 0.3 is 0 Å². The van der Waals surface area contributed by atoms with Gasteiger partial charge in [-0.15, -0.1) is 0 Å². The summed E-state index contributed by atoms with van der Waals surface area (Å²) in [5.41, 5.74) is 3.73. The second kappa shape index (κ2) is 9.09. The molecule has 0 spiro atoms. The second-order valence-electron chi connectivity index (χ2n) is 8.68. The molecular formula is C24H27F2N7O. The van der Waals surface area contributed by atoms with Crippen LogP contribution < -0.4 is 10.6 Å².